The molecule has 0 radical (unpaired) electrons. The summed E-state index contributed by atoms with van der Waals surface area (Å²) in [6.45, 7) is 1.50. The third-order valence-electron chi connectivity index (χ3n) is 12.0. The Labute approximate surface area is 298 Å². The van der Waals surface area contributed by atoms with Crippen molar-refractivity contribution in [3.8, 4) is 39.5 Å². The van der Waals surface area contributed by atoms with E-state index in [-0.39, 0.29) is 22.6 Å². The summed E-state index contributed by atoms with van der Waals surface area (Å²) >= 11 is 6.06. The van der Waals surface area contributed by atoms with Crippen LogP contribution in [-0.2, 0) is 36.5 Å². The van der Waals surface area contributed by atoms with E-state index in [0.717, 1.165) is 138 Å². The Balaban J connectivity index is 0.000000136. The van der Waals surface area contributed by atoms with E-state index in [9.17, 15) is 14.4 Å². The van der Waals surface area contributed by atoms with Crippen molar-refractivity contribution in [2.75, 3.05) is 20.2 Å². The van der Waals surface area contributed by atoms with Crippen molar-refractivity contribution < 1.29 is 19.1 Å². The summed E-state index contributed by atoms with van der Waals surface area (Å²) in [6, 6.07) is 9.49. The molecule has 2 spiro atoms. The van der Waals surface area contributed by atoms with Gasteiger partial charge in [-0.25, -0.2) is 4.98 Å². The number of carbonyl (C=O) groups is 3. The van der Waals surface area contributed by atoms with Gasteiger partial charge in [-0.15, -0.1) is 0 Å². The predicted molar refractivity (Wildman–Crippen MR) is 192 cm³/mol. The summed E-state index contributed by atoms with van der Waals surface area (Å²) in [5, 5.41) is 6.66. The topological polar surface area (TPSA) is 142 Å². The maximum atomic E-state index is 12.7. The van der Waals surface area contributed by atoms with Gasteiger partial charge < -0.3 is 25.3 Å². The van der Waals surface area contributed by atoms with Gasteiger partial charge in [0.1, 0.15) is 10.9 Å². The molecule has 6 aliphatic rings. The number of nitrogens with one attached hydrogen (secondary N) is 4. The molecular formula is C40H35ClN6O4. The second-order valence-corrected chi connectivity index (χ2v) is 15.2. The number of hydrogen-bond donors (Lipinski definition) is 4. The summed E-state index contributed by atoms with van der Waals surface area (Å²) < 4.78 is 5.25. The number of benzene rings is 1. The Morgan fingerprint density at radius 1 is 0.765 bits per heavy atom. The van der Waals surface area contributed by atoms with Gasteiger partial charge in [-0.05, 0) is 104 Å². The van der Waals surface area contributed by atoms with E-state index < -0.39 is 0 Å². The Morgan fingerprint density at radius 2 is 1.33 bits per heavy atom. The number of aromatic nitrogens is 4. The van der Waals surface area contributed by atoms with Crippen LogP contribution in [-0.4, -0.2) is 58.2 Å². The highest BCUT2D eigenvalue weighted by Gasteiger charge is 2.53. The molecule has 11 heteroatoms. The number of aldehydes is 1. The first kappa shape index (κ1) is 30.6. The molecule has 4 aromatic heterocycles. The molecule has 0 atom stereocenters. The van der Waals surface area contributed by atoms with Crippen LogP contribution in [0.4, 0.5) is 0 Å². The van der Waals surface area contributed by atoms with Crippen molar-refractivity contribution in [2.45, 2.75) is 62.2 Å². The highest BCUT2D eigenvalue weighted by atomic mass is 35.5. The predicted octanol–water partition coefficient (Wildman–Crippen LogP) is 6.04. The van der Waals surface area contributed by atoms with Gasteiger partial charge in [-0.2, -0.15) is 0 Å². The molecule has 0 unspecified atom stereocenters. The largest absolute Gasteiger partial charge is 0.496 e. The van der Waals surface area contributed by atoms with E-state index in [2.05, 4.69) is 36.6 Å². The molecule has 11 rings (SSSR count). The second-order valence-electron chi connectivity index (χ2n) is 14.8. The molecule has 0 saturated heterocycles. The quantitative estimate of drug-likeness (QED) is 0.134. The van der Waals surface area contributed by atoms with E-state index in [1.165, 1.54) is 11.1 Å². The van der Waals surface area contributed by atoms with E-state index >= 15 is 0 Å². The Hall–Kier alpha value is -5.22. The summed E-state index contributed by atoms with van der Waals surface area (Å²) in [4.78, 5) is 52.5. The third kappa shape index (κ3) is 4.58. The van der Waals surface area contributed by atoms with Crippen molar-refractivity contribution in [3.63, 3.8) is 0 Å². The number of rotatable bonds is 3. The van der Waals surface area contributed by atoms with Crippen LogP contribution in [0.25, 0.3) is 33.8 Å². The van der Waals surface area contributed by atoms with Crippen LogP contribution in [0.1, 0.15) is 90.4 Å². The lowest BCUT2D eigenvalue weighted by molar-refractivity contribution is 0.0928. The SMILES string of the molecule is COc1ccc(-c2cc3c(cn2)CCc2c-3[nH]c3c2C(=O)NCC32CC2)cc1C=O.O=C1NCC2(CC2)c2[nH]c3c(c21)CCc1cnc(Cl)cc1-3. The number of ether oxygens (including phenoxy) is 1. The summed E-state index contributed by atoms with van der Waals surface area (Å²) in [6.07, 6.45) is 12.6. The molecule has 2 aliphatic heterocycles. The molecule has 4 aliphatic carbocycles. The van der Waals surface area contributed by atoms with Crippen LogP contribution >= 0.6 is 11.6 Å². The number of fused-ring (bicyclic) bond motifs is 12. The number of H-pyrrole nitrogens is 2. The number of aromatic amines is 2. The fourth-order valence-electron chi connectivity index (χ4n) is 8.81. The molecule has 1 aromatic carbocycles. The molecule has 256 valence electrons. The lowest BCUT2D eigenvalue weighted by Gasteiger charge is -2.23. The fraction of sp³-hybridized carbons (Fsp3) is 0.325. The first-order valence-electron chi connectivity index (χ1n) is 17.7. The Kier molecular flexibility index (Phi) is 6.53. The minimum Gasteiger partial charge on any atom is -0.496 e. The summed E-state index contributed by atoms with van der Waals surface area (Å²) in [7, 11) is 1.55. The fourth-order valence-corrected chi connectivity index (χ4v) is 8.97. The van der Waals surface area contributed by atoms with Crippen molar-refractivity contribution in [1.29, 1.82) is 0 Å². The van der Waals surface area contributed by atoms with Gasteiger partial charge in [-0.1, -0.05) is 11.6 Å². The third-order valence-corrected chi connectivity index (χ3v) is 12.2. The van der Waals surface area contributed by atoms with Crippen molar-refractivity contribution in [2.24, 2.45) is 0 Å². The molecule has 2 fully saturated rings. The molecule has 6 heterocycles. The van der Waals surface area contributed by atoms with Gasteiger partial charge in [-0.3, -0.25) is 19.4 Å². The summed E-state index contributed by atoms with van der Waals surface area (Å²) in [5.74, 6) is 0.666. The van der Waals surface area contributed by atoms with E-state index in [1.54, 1.807) is 19.2 Å². The Bertz CT molecular complexity index is 2360. The highest BCUT2D eigenvalue weighted by molar-refractivity contribution is 6.29. The molecule has 4 N–H and O–H groups in total. The highest BCUT2D eigenvalue weighted by Crippen LogP contribution is 2.54. The van der Waals surface area contributed by atoms with Gasteiger partial charge in [0, 0.05) is 64.4 Å². The smallest absolute Gasteiger partial charge is 0.253 e. The summed E-state index contributed by atoms with van der Waals surface area (Å²) in [5.41, 5.74) is 15.5. The Morgan fingerprint density at radius 3 is 1.88 bits per heavy atom. The molecule has 2 amide bonds. The van der Waals surface area contributed by atoms with E-state index in [4.69, 9.17) is 16.3 Å². The van der Waals surface area contributed by atoms with Crippen LogP contribution in [0, 0.1) is 0 Å². The second kappa shape index (κ2) is 10.9. The lowest BCUT2D eigenvalue weighted by atomic mass is 9.86. The molecule has 2 saturated carbocycles. The van der Waals surface area contributed by atoms with Crippen LogP contribution in [0.5, 0.6) is 5.75 Å². The normalized spacial score (nSPS) is 18.8. The van der Waals surface area contributed by atoms with Crippen LogP contribution < -0.4 is 15.4 Å². The zero-order chi connectivity index (χ0) is 34.6. The standard InChI is InChI=1S/C24H21N3O3.C16H14ClN3O/c1-30-19-5-3-13(8-15(19)11-28)18-9-17-14(10-25-18)2-4-16-20-22(27-21(16)17)24(6-7-24)12-26-23(20)29;17-11-5-10-8(6-18-11)1-2-9-12-14(20-13(9)10)16(3-4-16)7-19-15(12)21/h3,5,8-11,27H,2,4,6-7,12H2,1H3,(H,26,29);5-6,20H,1-4,7H2,(H,19,21). The van der Waals surface area contributed by atoms with Gasteiger partial charge >= 0.3 is 0 Å². The minimum absolute atomic E-state index is 0.0449. The number of amides is 2. The number of halogens is 1. The van der Waals surface area contributed by atoms with Crippen molar-refractivity contribution >= 4 is 29.7 Å². The molecular weight excluding hydrogens is 664 g/mol. The minimum atomic E-state index is 0.0449. The molecule has 51 heavy (non-hydrogen) atoms. The van der Waals surface area contributed by atoms with E-state index in [0.29, 0.717) is 16.5 Å². The van der Waals surface area contributed by atoms with Gasteiger partial charge in [0.25, 0.3) is 11.8 Å². The number of methoxy groups -OCH3 is 1. The first-order chi connectivity index (χ1) is 24.8. The maximum absolute atomic E-state index is 12.7. The lowest BCUT2D eigenvalue weighted by Crippen LogP contribution is -2.39. The zero-order valence-electron chi connectivity index (χ0n) is 28.1. The number of hydrogen-bond acceptors (Lipinski definition) is 6. The van der Waals surface area contributed by atoms with Crippen LogP contribution in [0.15, 0.2) is 42.7 Å². The van der Waals surface area contributed by atoms with Gasteiger partial charge in [0.2, 0.25) is 0 Å². The van der Waals surface area contributed by atoms with Gasteiger partial charge in [0.05, 0.1) is 40.9 Å². The number of nitrogens with zero attached hydrogens (tertiary/aromatic N) is 2. The van der Waals surface area contributed by atoms with Crippen molar-refractivity contribution in [3.05, 3.63) is 98.2 Å². The average Bonchev–Trinajstić information content (AvgIpc) is 4.04. The average molecular weight is 699 g/mol. The molecule has 5 aromatic rings. The molecule has 10 nitrogen and oxygen atoms in total. The first-order valence-corrected chi connectivity index (χ1v) is 18.0. The number of carbonyl (C=O) groups excluding carboxylic acids is 3. The van der Waals surface area contributed by atoms with Crippen LogP contribution in [0.3, 0.4) is 0 Å². The molecule has 0 bridgehead atoms. The number of aryl methyl sites for hydroxylation is 2. The van der Waals surface area contributed by atoms with Gasteiger partial charge in [0.15, 0.2) is 6.29 Å². The monoisotopic (exact) mass is 698 g/mol. The van der Waals surface area contributed by atoms with Crippen molar-refractivity contribution in [1.82, 2.24) is 30.6 Å². The number of pyridine rings is 2. The van der Waals surface area contributed by atoms with Crippen LogP contribution in [0.2, 0.25) is 5.15 Å². The van der Waals surface area contributed by atoms with E-state index in [1.807, 2.05) is 24.5 Å². The maximum Gasteiger partial charge on any atom is 0.253 e. The zero-order valence-corrected chi connectivity index (χ0v) is 28.9.